The van der Waals surface area contributed by atoms with Gasteiger partial charge in [-0.1, -0.05) is 6.92 Å². The second-order valence-electron chi connectivity index (χ2n) is 6.50. The van der Waals surface area contributed by atoms with Gasteiger partial charge in [0, 0.05) is 18.2 Å². The van der Waals surface area contributed by atoms with Gasteiger partial charge in [0.2, 0.25) is 6.41 Å². The largest absolute Gasteiger partial charge is 0.364 e. The summed E-state index contributed by atoms with van der Waals surface area (Å²) in [4.78, 5) is 31.3. The minimum Gasteiger partial charge on any atom is -0.364 e. The minimum absolute atomic E-state index is 0.0738. The SMILES string of the molecule is CCc1nc(C(N)=O)c(Nc2ccc(F)c(CCNC=O)c2)nc1C1CC1. The third-order valence-corrected chi connectivity index (χ3v) is 4.46. The number of nitrogens with one attached hydrogen (secondary N) is 2. The number of hydrogen-bond acceptors (Lipinski definition) is 5. The van der Waals surface area contributed by atoms with Crippen LogP contribution in [0, 0.1) is 5.82 Å². The highest BCUT2D eigenvalue weighted by atomic mass is 19.1. The molecule has 0 radical (unpaired) electrons. The fraction of sp³-hybridized carbons (Fsp3) is 0.368. The van der Waals surface area contributed by atoms with Crippen molar-refractivity contribution in [3.8, 4) is 0 Å². The number of halogens is 1. The molecule has 1 fully saturated rings. The summed E-state index contributed by atoms with van der Waals surface area (Å²) in [5, 5.41) is 5.56. The van der Waals surface area contributed by atoms with Crippen LogP contribution in [0.4, 0.5) is 15.9 Å². The molecule has 0 unspecified atom stereocenters. The Kier molecular flexibility index (Phi) is 5.63. The number of carbonyl (C=O) groups is 2. The highest BCUT2D eigenvalue weighted by Crippen LogP contribution is 2.41. The highest BCUT2D eigenvalue weighted by Gasteiger charge is 2.30. The molecular formula is C19H22FN5O2. The number of carbonyl (C=O) groups excluding carboxylic acids is 2. The molecule has 2 aromatic rings. The molecule has 8 heteroatoms. The predicted octanol–water partition coefficient (Wildman–Crippen LogP) is 2.19. The summed E-state index contributed by atoms with van der Waals surface area (Å²) in [5.41, 5.74) is 8.25. The Morgan fingerprint density at radius 3 is 2.78 bits per heavy atom. The number of primary amides is 1. The van der Waals surface area contributed by atoms with E-state index in [1.807, 2.05) is 6.92 Å². The first-order chi connectivity index (χ1) is 13.0. The monoisotopic (exact) mass is 371 g/mol. The number of aromatic nitrogens is 2. The molecular weight excluding hydrogens is 349 g/mol. The summed E-state index contributed by atoms with van der Waals surface area (Å²) < 4.78 is 14.0. The molecule has 27 heavy (non-hydrogen) atoms. The maximum atomic E-state index is 14.0. The molecule has 1 aromatic carbocycles. The van der Waals surface area contributed by atoms with Gasteiger partial charge in [-0.25, -0.2) is 14.4 Å². The fourth-order valence-electron chi connectivity index (χ4n) is 2.93. The number of aryl methyl sites for hydroxylation is 1. The maximum absolute atomic E-state index is 14.0. The number of benzene rings is 1. The fourth-order valence-corrected chi connectivity index (χ4v) is 2.93. The van der Waals surface area contributed by atoms with Crippen molar-refractivity contribution < 1.29 is 14.0 Å². The van der Waals surface area contributed by atoms with Crippen LogP contribution in [0.2, 0.25) is 0 Å². The summed E-state index contributed by atoms with van der Waals surface area (Å²) in [6.45, 7) is 2.29. The Morgan fingerprint density at radius 1 is 1.37 bits per heavy atom. The number of nitrogens with zero attached hydrogens (tertiary/aromatic N) is 2. The molecule has 142 valence electrons. The van der Waals surface area contributed by atoms with Gasteiger partial charge in [-0.3, -0.25) is 9.59 Å². The quantitative estimate of drug-likeness (QED) is 0.462. The van der Waals surface area contributed by atoms with Gasteiger partial charge in [0.15, 0.2) is 11.5 Å². The lowest BCUT2D eigenvalue weighted by Crippen LogP contribution is -2.19. The number of nitrogens with two attached hydrogens (primary N) is 1. The average Bonchev–Trinajstić information content (AvgIpc) is 3.49. The Labute approximate surface area is 156 Å². The maximum Gasteiger partial charge on any atom is 0.271 e. The molecule has 0 atom stereocenters. The van der Waals surface area contributed by atoms with Crippen LogP contribution < -0.4 is 16.4 Å². The van der Waals surface area contributed by atoms with Crippen LogP contribution in [-0.4, -0.2) is 28.8 Å². The van der Waals surface area contributed by atoms with E-state index in [0.717, 1.165) is 24.2 Å². The molecule has 1 aliphatic carbocycles. The Hall–Kier alpha value is -3.03. The predicted molar refractivity (Wildman–Crippen MR) is 99.4 cm³/mol. The van der Waals surface area contributed by atoms with Crippen LogP contribution in [0.15, 0.2) is 18.2 Å². The van der Waals surface area contributed by atoms with E-state index in [1.165, 1.54) is 6.07 Å². The van der Waals surface area contributed by atoms with E-state index in [1.54, 1.807) is 12.1 Å². The summed E-state index contributed by atoms with van der Waals surface area (Å²) in [7, 11) is 0. The molecule has 0 saturated heterocycles. The minimum atomic E-state index is -0.667. The van der Waals surface area contributed by atoms with Gasteiger partial charge in [-0.2, -0.15) is 0 Å². The normalized spacial score (nSPS) is 13.3. The zero-order valence-electron chi connectivity index (χ0n) is 15.1. The summed E-state index contributed by atoms with van der Waals surface area (Å²) in [5.74, 6) is -0.382. The molecule has 4 N–H and O–H groups in total. The lowest BCUT2D eigenvalue weighted by molar-refractivity contribution is -0.109. The lowest BCUT2D eigenvalue weighted by Gasteiger charge is -2.14. The number of hydrogen-bond donors (Lipinski definition) is 3. The average molecular weight is 371 g/mol. The van der Waals surface area contributed by atoms with Gasteiger partial charge in [0.05, 0.1) is 11.4 Å². The first kappa shape index (κ1) is 18.8. The Balaban J connectivity index is 1.92. The van der Waals surface area contributed by atoms with Crippen molar-refractivity contribution in [2.45, 2.75) is 38.5 Å². The molecule has 1 saturated carbocycles. The van der Waals surface area contributed by atoms with Gasteiger partial charge in [0.1, 0.15) is 5.82 Å². The van der Waals surface area contributed by atoms with Crippen LogP contribution >= 0.6 is 0 Å². The molecule has 7 nitrogen and oxygen atoms in total. The van der Waals surface area contributed by atoms with E-state index in [-0.39, 0.29) is 17.3 Å². The van der Waals surface area contributed by atoms with Crippen molar-refractivity contribution in [2.24, 2.45) is 5.73 Å². The van der Waals surface area contributed by atoms with E-state index < -0.39 is 5.91 Å². The van der Waals surface area contributed by atoms with Crippen LogP contribution in [0.3, 0.4) is 0 Å². The zero-order valence-corrected chi connectivity index (χ0v) is 15.1. The van der Waals surface area contributed by atoms with Crippen molar-refractivity contribution in [1.29, 1.82) is 0 Å². The number of anilines is 2. The van der Waals surface area contributed by atoms with Crippen molar-refractivity contribution in [3.63, 3.8) is 0 Å². The third-order valence-electron chi connectivity index (χ3n) is 4.46. The van der Waals surface area contributed by atoms with Gasteiger partial charge in [-0.05, 0) is 49.4 Å². The molecule has 3 rings (SSSR count). The lowest BCUT2D eigenvalue weighted by atomic mass is 10.1. The van der Waals surface area contributed by atoms with Crippen molar-refractivity contribution in [3.05, 3.63) is 46.7 Å². The first-order valence-corrected chi connectivity index (χ1v) is 8.96. The van der Waals surface area contributed by atoms with E-state index >= 15 is 0 Å². The van der Waals surface area contributed by atoms with Gasteiger partial charge < -0.3 is 16.4 Å². The molecule has 1 aliphatic rings. The zero-order chi connectivity index (χ0) is 19.4. The second-order valence-corrected chi connectivity index (χ2v) is 6.50. The molecule has 0 aliphatic heterocycles. The van der Waals surface area contributed by atoms with Crippen molar-refractivity contribution in [1.82, 2.24) is 15.3 Å². The molecule has 1 aromatic heterocycles. The number of amides is 2. The van der Waals surface area contributed by atoms with Crippen LogP contribution in [-0.2, 0) is 17.6 Å². The van der Waals surface area contributed by atoms with Crippen molar-refractivity contribution >= 4 is 23.8 Å². The highest BCUT2D eigenvalue weighted by molar-refractivity contribution is 5.96. The first-order valence-electron chi connectivity index (χ1n) is 8.96. The summed E-state index contributed by atoms with van der Waals surface area (Å²) >= 11 is 0. The van der Waals surface area contributed by atoms with Gasteiger partial charge in [0.25, 0.3) is 5.91 Å². The van der Waals surface area contributed by atoms with Crippen LogP contribution in [0.5, 0.6) is 0 Å². The van der Waals surface area contributed by atoms with Crippen LogP contribution in [0.25, 0.3) is 0 Å². The molecule has 0 spiro atoms. The molecule has 1 heterocycles. The van der Waals surface area contributed by atoms with Crippen molar-refractivity contribution in [2.75, 3.05) is 11.9 Å². The van der Waals surface area contributed by atoms with Crippen LogP contribution in [0.1, 0.15) is 53.1 Å². The molecule has 2 amide bonds. The van der Waals surface area contributed by atoms with Gasteiger partial charge in [-0.15, -0.1) is 0 Å². The second kappa shape index (κ2) is 8.11. The summed E-state index contributed by atoms with van der Waals surface area (Å²) in [6.07, 6.45) is 3.70. The van der Waals surface area contributed by atoms with E-state index in [2.05, 4.69) is 20.6 Å². The third kappa shape index (κ3) is 4.39. The topological polar surface area (TPSA) is 110 Å². The standard InChI is InChI=1S/C19H22FN5O2/c1-2-15-16(11-3-4-11)25-19(17(24-15)18(21)27)23-13-5-6-14(20)12(9-13)7-8-22-10-26/h5-6,9-11H,2-4,7-8H2,1H3,(H2,21,27)(H,22,26)(H,23,25). The summed E-state index contributed by atoms with van der Waals surface area (Å²) in [6, 6.07) is 4.51. The van der Waals surface area contributed by atoms with E-state index in [0.29, 0.717) is 43.0 Å². The smallest absolute Gasteiger partial charge is 0.271 e. The number of rotatable bonds is 9. The van der Waals surface area contributed by atoms with E-state index in [4.69, 9.17) is 5.73 Å². The molecule has 0 bridgehead atoms. The Morgan fingerprint density at radius 2 is 2.15 bits per heavy atom. The van der Waals surface area contributed by atoms with E-state index in [9.17, 15) is 14.0 Å². The van der Waals surface area contributed by atoms with Gasteiger partial charge >= 0.3 is 0 Å². The Bertz CT molecular complexity index is 867.